The van der Waals surface area contributed by atoms with Crippen LogP contribution < -0.4 is 5.32 Å². The average Bonchev–Trinajstić information content (AvgIpc) is 3.12. The van der Waals surface area contributed by atoms with Crippen LogP contribution in [0.25, 0.3) is 0 Å². The van der Waals surface area contributed by atoms with E-state index < -0.39 is 6.04 Å². The van der Waals surface area contributed by atoms with Gasteiger partial charge in [0.1, 0.15) is 6.04 Å². The van der Waals surface area contributed by atoms with Gasteiger partial charge in [0.25, 0.3) is 5.91 Å². The van der Waals surface area contributed by atoms with E-state index in [4.69, 9.17) is 0 Å². The van der Waals surface area contributed by atoms with Gasteiger partial charge in [-0.15, -0.1) is 0 Å². The molecule has 2 aliphatic rings. The molecule has 100 valence electrons. The molecule has 0 bridgehead atoms. The van der Waals surface area contributed by atoms with Crippen LogP contribution in [-0.4, -0.2) is 28.8 Å². The lowest BCUT2D eigenvalue weighted by molar-refractivity contribution is -0.139. The fourth-order valence-electron chi connectivity index (χ4n) is 2.46. The summed E-state index contributed by atoms with van der Waals surface area (Å²) in [5.74, 6) is -0.116. The highest BCUT2D eigenvalue weighted by atomic mass is 79.9. The van der Waals surface area contributed by atoms with E-state index in [0.29, 0.717) is 0 Å². The molecule has 1 atom stereocenters. The molecule has 1 saturated carbocycles. The smallest absolute Gasteiger partial charge is 0.252 e. The van der Waals surface area contributed by atoms with Crippen LogP contribution in [0, 0.1) is 6.92 Å². The van der Waals surface area contributed by atoms with Crippen LogP contribution in [0.5, 0.6) is 0 Å². The van der Waals surface area contributed by atoms with Gasteiger partial charge in [-0.05, 0) is 43.5 Å². The summed E-state index contributed by atoms with van der Waals surface area (Å²) in [7, 11) is 0. The van der Waals surface area contributed by atoms with Crippen molar-refractivity contribution in [3.8, 4) is 0 Å². The second-order valence-electron chi connectivity index (χ2n) is 5.19. The van der Waals surface area contributed by atoms with Crippen molar-refractivity contribution >= 4 is 33.4 Å². The molecule has 4 nitrogen and oxygen atoms in total. The minimum atomic E-state index is -0.409. The first-order valence-electron chi connectivity index (χ1n) is 6.45. The summed E-state index contributed by atoms with van der Waals surface area (Å²) in [4.78, 5) is 25.5. The number of carbonyl (C=O) groups is 2. The Balaban J connectivity index is 1.76. The normalized spacial score (nSPS) is 23.1. The van der Waals surface area contributed by atoms with Crippen molar-refractivity contribution in [1.29, 1.82) is 0 Å². The number of amides is 2. The Morgan fingerprint density at radius 2 is 2.05 bits per heavy atom. The van der Waals surface area contributed by atoms with Crippen LogP contribution in [0.4, 0.5) is 5.69 Å². The molecule has 1 aromatic rings. The highest BCUT2D eigenvalue weighted by Gasteiger charge is 2.46. The Morgan fingerprint density at radius 1 is 1.32 bits per heavy atom. The molecule has 0 aromatic heterocycles. The molecule has 0 radical (unpaired) electrons. The summed E-state index contributed by atoms with van der Waals surface area (Å²) in [5, 5.41) is 3.20. The average molecular weight is 323 g/mol. The van der Waals surface area contributed by atoms with Crippen LogP contribution in [0.2, 0.25) is 0 Å². The lowest BCUT2D eigenvalue weighted by Crippen LogP contribution is -2.36. The Bertz CT molecular complexity index is 554. The molecule has 1 aliphatic heterocycles. The summed E-state index contributed by atoms with van der Waals surface area (Å²) < 4.78 is 1.00. The Kier molecular flexibility index (Phi) is 3.09. The summed E-state index contributed by atoms with van der Waals surface area (Å²) in [6.45, 7) is 1.98. The zero-order valence-corrected chi connectivity index (χ0v) is 12.2. The molecule has 1 unspecified atom stereocenters. The van der Waals surface area contributed by atoms with Gasteiger partial charge in [-0.25, -0.2) is 0 Å². The molecule has 3 rings (SSSR count). The van der Waals surface area contributed by atoms with E-state index in [1.165, 1.54) is 4.90 Å². The van der Waals surface area contributed by atoms with Crippen molar-refractivity contribution in [2.24, 2.45) is 0 Å². The number of halogens is 1. The maximum Gasteiger partial charge on any atom is 0.252 e. The van der Waals surface area contributed by atoms with Crippen molar-refractivity contribution < 1.29 is 9.59 Å². The van der Waals surface area contributed by atoms with Gasteiger partial charge in [0.05, 0.1) is 6.42 Å². The van der Waals surface area contributed by atoms with Gasteiger partial charge in [0.2, 0.25) is 5.91 Å². The SMILES string of the molecule is Cc1cc(Br)ccc1NC1CC(=O)N(C2CC2)C1=O. The molecule has 5 heteroatoms. The van der Waals surface area contributed by atoms with Gasteiger partial charge >= 0.3 is 0 Å². The summed E-state index contributed by atoms with van der Waals surface area (Å²) in [6, 6.07) is 5.60. The standard InChI is InChI=1S/C14H15BrN2O2/c1-8-6-9(15)2-5-11(8)16-12-7-13(18)17(14(12)19)10-3-4-10/h2,5-6,10,12,16H,3-4,7H2,1H3. The van der Waals surface area contributed by atoms with Crippen LogP contribution in [0.15, 0.2) is 22.7 Å². The third-order valence-corrected chi connectivity index (χ3v) is 4.11. The van der Waals surface area contributed by atoms with Gasteiger partial charge in [0, 0.05) is 16.2 Å². The van der Waals surface area contributed by atoms with E-state index in [-0.39, 0.29) is 24.3 Å². The van der Waals surface area contributed by atoms with Crippen LogP contribution in [-0.2, 0) is 9.59 Å². The van der Waals surface area contributed by atoms with Crippen molar-refractivity contribution in [1.82, 2.24) is 4.90 Å². The minimum Gasteiger partial charge on any atom is -0.373 e. The van der Waals surface area contributed by atoms with Gasteiger partial charge in [-0.2, -0.15) is 0 Å². The summed E-state index contributed by atoms with van der Waals surface area (Å²) in [6.07, 6.45) is 2.19. The van der Waals surface area contributed by atoms with E-state index in [1.807, 2.05) is 25.1 Å². The predicted molar refractivity (Wildman–Crippen MR) is 75.8 cm³/mol. The first-order chi connectivity index (χ1) is 9.06. The van der Waals surface area contributed by atoms with Crippen LogP contribution in [0.1, 0.15) is 24.8 Å². The molecule has 1 heterocycles. The van der Waals surface area contributed by atoms with E-state index >= 15 is 0 Å². The number of nitrogens with zero attached hydrogens (tertiary/aromatic N) is 1. The molecule has 0 spiro atoms. The van der Waals surface area contributed by atoms with Crippen LogP contribution >= 0.6 is 15.9 Å². The molecular formula is C14H15BrN2O2. The first kappa shape index (κ1) is 12.7. The zero-order chi connectivity index (χ0) is 13.6. The third kappa shape index (κ3) is 2.39. The lowest BCUT2D eigenvalue weighted by Gasteiger charge is -2.16. The number of hydrogen-bond acceptors (Lipinski definition) is 3. The summed E-state index contributed by atoms with van der Waals surface area (Å²) >= 11 is 3.41. The maximum atomic E-state index is 12.2. The Morgan fingerprint density at radius 3 is 2.68 bits per heavy atom. The molecule has 1 aromatic carbocycles. The quantitative estimate of drug-likeness (QED) is 0.870. The molecule has 2 fully saturated rings. The second kappa shape index (κ2) is 4.63. The molecule has 1 aliphatic carbocycles. The third-order valence-electron chi connectivity index (χ3n) is 3.61. The largest absolute Gasteiger partial charge is 0.373 e. The van der Waals surface area contributed by atoms with E-state index in [1.54, 1.807) is 0 Å². The van der Waals surface area contributed by atoms with Crippen LogP contribution in [0.3, 0.4) is 0 Å². The van der Waals surface area contributed by atoms with Crippen molar-refractivity contribution in [3.63, 3.8) is 0 Å². The van der Waals surface area contributed by atoms with Crippen molar-refractivity contribution in [3.05, 3.63) is 28.2 Å². The van der Waals surface area contributed by atoms with E-state index in [9.17, 15) is 9.59 Å². The van der Waals surface area contributed by atoms with Crippen molar-refractivity contribution in [2.75, 3.05) is 5.32 Å². The number of carbonyl (C=O) groups excluding carboxylic acids is 2. The molecule has 1 N–H and O–H groups in total. The maximum absolute atomic E-state index is 12.2. The highest BCUT2D eigenvalue weighted by molar-refractivity contribution is 9.10. The first-order valence-corrected chi connectivity index (χ1v) is 7.24. The topological polar surface area (TPSA) is 49.4 Å². The Hall–Kier alpha value is -1.36. The monoisotopic (exact) mass is 322 g/mol. The molecular weight excluding hydrogens is 308 g/mol. The van der Waals surface area contributed by atoms with Gasteiger partial charge in [-0.3, -0.25) is 14.5 Å². The zero-order valence-electron chi connectivity index (χ0n) is 10.6. The number of imide groups is 1. The summed E-state index contributed by atoms with van der Waals surface area (Å²) in [5.41, 5.74) is 1.96. The van der Waals surface area contributed by atoms with Gasteiger partial charge in [0.15, 0.2) is 0 Å². The number of likely N-dealkylation sites (tertiary alicyclic amines) is 1. The predicted octanol–water partition coefficient (Wildman–Crippen LogP) is 2.46. The molecule has 2 amide bonds. The van der Waals surface area contributed by atoms with Gasteiger partial charge < -0.3 is 5.32 Å². The molecule has 1 saturated heterocycles. The van der Waals surface area contributed by atoms with Crippen molar-refractivity contribution in [2.45, 2.75) is 38.3 Å². The fourth-order valence-corrected chi connectivity index (χ4v) is 2.93. The number of aryl methyl sites for hydroxylation is 1. The highest BCUT2D eigenvalue weighted by Crippen LogP contribution is 2.32. The van der Waals surface area contributed by atoms with E-state index in [0.717, 1.165) is 28.6 Å². The number of nitrogens with one attached hydrogen (secondary N) is 1. The number of anilines is 1. The minimum absolute atomic E-state index is 0.0419. The number of rotatable bonds is 3. The second-order valence-corrected chi connectivity index (χ2v) is 6.11. The van der Waals surface area contributed by atoms with E-state index in [2.05, 4.69) is 21.2 Å². The Labute approximate surface area is 120 Å². The molecule has 19 heavy (non-hydrogen) atoms. The lowest BCUT2D eigenvalue weighted by atomic mass is 10.1. The van der Waals surface area contributed by atoms with Gasteiger partial charge in [-0.1, -0.05) is 15.9 Å². The fraction of sp³-hybridized carbons (Fsp3) is 0.429. The number of hydrogen-bond donors (Lipinski definition) is 1. The number of benzene rings is 1.